The summed E-state index contributed by atoms with van der Waals surface area (Å²) in [7, 11) is 3.14. The highest BCUT2D eigenvalue weighted by atomic mass is 19.1. The van der Waals surface area contributed by atoms with Crippen molar-refractivity contribution in [1.82, 2.24) is 9.78 Å². The Morgan fingerprint density at radius 3 is 2.54 bits per heavy atom. The number of methoxy groups -OCH3 is 2. The molecule has 3 aromatic rings. The highest BCUT2D eigenvalue weighted by Gasteiger charge is 2.11. The highest BCUT2D eigenvalue weighted by molar-refractivity contribution is 5.64. The van der Waals surface area contributed by atoms with Crippen LogP contribution in [0.15, 0.2) is 48.7 Å². The van der Waals surface area contributed by atoms with Crippen LogP contribution in [-0.4, -0.2) is 24.0 Å². The SMILES string of the molecule is COc1ccc(-c2ccn(-c3ccc(F)cc3C[O])n2)cc1OC. The molecule has 0 atom stereocenters. The lowest BCUT2D eigenvalue weighted by Gasteiger charge is -2.09. The van der Waals surface area contributed by atoms with Crippen molar-refractivity contribution in [1.29, 1.82) is 0 Å². The van der Waals surface area contributed by atoms with Crippen LogP contribution < -0.4 is 9.47 Å². The Bertz CT molecular complexity index is 861. The lowest BCUT2D eigenvalue weighted by atomic mass is 10.1. The Kier molecular flexibility index (Phi) is 4.48. The zero-order valence-corrected chi connectivity index (χ0v) is 13.3. The Labute approximate surface area is 138 Å². The molecule has 0 bridgehead atoms. The van der Waals surface area contributed by atoms with Crippen LogP contribution in [0.25, 0.3) is 16.9 Å². The molecule has 1 aromatic heterocycles. The largest absolute Gasteiger partial charge is 0.493 e. The molecule has 0 saturated carbocycles. The van der Waals surface area contributed by atoms with Gasteiger partial charge in [-0.3, -0.25) is 0 Å². The van der Waals surface area contributed by atoms with Crippen LogP contribution in [-0.2, 0) is 11.7 Å². The van der Waals surface area contributed by atoms with Gasteiger partial charge in [-0.1, -0.05) is 0 Å². The fourth-order valence-corrected chi connectivity index (χ4v) is 2.50. The zero-order valence-electron chi connectivity index (χ0n) is 13.3. The number of aromatic nitrogens is 2. The van der Waals surface area contributed by atoms with E-state index in [1.165, 1.54) is 12.1 Å². The quantitative estimate of drug-likeness (QED) is 0.719. The van der Waals surface area contributed by atoms with Crippen LogP contribution in [0.2, 0.25) is 0 Å². The molecule has 0 N–H and O–H groups in total. The van der Waals surface area contributed by atoms with Crippen LogP contribution in [0, 0.1) is 5.82 Å². The molecular formula is C18H16FN2O3. The predicted octanol–water partition coefficient (Wildman–Crippen LogP) is 3.63. The van der Waals surface area contributed by atoms with Gasteiger partial charge in [-0.2, -0.15) is 5.10 Å². The minimum atomic E-state index is -0.515. The van der Waals surface area contributed by atoms with Crippen LogP contribution in [0.1, 0.15) is 5.56 Å². The van der Waals surface area contributed by atoms with Crippen molar-refractivity contribution < 1.29 is 19.0 Å². The van der Waals surface area contributed by atoms with Crippen molar-refractivity contribution >= 4 is 0 Å². The van der Waals surface area contributed by atoms with Gasteiger partial charge in [-0.05, 0) is 42.5 Å². The van der Waals surface area contributed by atoms with E-state index in [1.807, 2.05) is 18.2 Å². The van der Waals surface area contributed by atoms with Gasteiger partial charge in [0.25, 0.3) is 0 Å². The summed E-state index contributed by atoms with van der Waals surface area (Å²) in [4.78, 5) is 0. The molecule has 0 amide bonds. The molecule has 0 unspecified atom stereocenters. The average Bonchev–Trinajstić information content (AvgIpc) is 3.10. The molecule has 5 nitrogen and oxygen atoms in total. The summed E-state index contributed by atoms with van der Waals surface area (Å²) in [5.74, 6) is 0.802. The minimum Gasteiger partial charge on any atom is -0.493 e. The average molecular weight is 327 g/mol. The van der Waals surface area contributed by atoms with E-state index in [0.717, 1.165) is 5.56 Å². The van der Waals surface area contributed by atoms with E-state index in [9.17, 15) is 9.50 Å². The highest BCUT2D eigenvalue weighted by Crippen LogP contribution is 2.32. The summed E-state index contributed by atoms with van der Waals surface area (Å²) in [6.45, 7) is -0.515. The second-order valence-corrected chi connectivity index (χ2v) is 5.13. The Balaban J connectivity index is 2.00. The summed E-state index contributed by atoms with van der Waals surface area (Å²) >= 11 is 0. The molecule has 2 aromatic carbocycles. The van der Waals surface area contributed by atoms with Crippen molar-refractivity contribution in [2.24, 2.45) is 0 Å². The maximum absolute atomic E-state index is 13.3. The van der Waals surface area contributed by atoms with Gasteiger partial charge in [0.15, 0.2) is 11.5 Å². The van der Waals surface area contributed by atoms with E-state index in [0.29, 0.717) is 28.4 Å². The van der Waals surface area contributed by atoms with E-state index >= 15 is 0 Å². The van der Waals surface area contributed by atoms with Crippen molar-refractivity contribution in [2.45, 2.75) is 6.61 Å². The van der Waals surface area contributed by atoms with Gasteiger partial charge >= 0.3 is 0 Å². The van der Waals surface area contributed by atoms with E-state index in [-0.39, 0.29) is 0 Å². The third-order valence-corrected chi connectivity index (χ3v) is 3.71. The number of hydrogen-bond donors (Lipinski definition) is 0. The second-order valence-electron chi connectivity index (χ2n) is 5.13. The number of halogens is 1. The first-order valence-corrected chi connectivity index (χ1v) is 7.31. The lowest BCUT2D eigenvalue weighted by Crippen LogP contribution is -2.01. The van der Waals surface area contributed by atoms with E-state index < -0.39 is 12.4 Å². The lowest BCUT2D eigenvalue weighted by molar-refractivity contribution is 0.177. The van der Waals surface area contributed by atoms with Crippen molar-refractivity contribution in [3.8, 4) is 28.4 Å². The fraction of sp³-hybridized carbons (Fsp3) is 0.167. The molecule has 123 valence electrons. The number of ether oxygens (including phenoxy) is 2. The fourth-order valence-electron chi connectivity index (χ4n) is 2.50. The molecule has 1 heterocycles. The van der Waals surface area contributed by atoms with Crippen LogP contribution in [0.4, 0.5) is 4.39 Å². The summed E-state index contributed by atoms with van der Waals surface area (Å²) in [6, 6.07) is 11.4. The molecule has 0 spiro atoms. The third-order valence-electron chi connectivity index (χ3n) is 3.71. The zero-order chi connectivity index (χ0) is 17.1. The molecule has 0 fully saturated rings. The van der Waals surface area contributed by atoms with Gasteiger partial charge in [-0.15, -0.1) is 0 Å². The summed E-state index contributed by atoms with van der Waals surface area (Å²) < 4.78 is 25.4. The molecule has 24 heavy (non-hydrogen) atoms. The van der Waals surface area contributed by atoms with Crippen molar-refractivity contribution in [3.05, 3.63) is 60.0 Å². The topological polar surface area (TPSA) is 56.2 Å². The van der Waals surface area contributed by atoms with Crippen LogP contribution in [0.3, 0.4) is 0 Å². The molecular weight excluding hydrogens is 311 g/mol. The molecule has 0 saturated heterocycles. The Hall–Kier alpha value is -2.86. The molecule has 6 heteroatoms. The van der Waals surface area contributed by atoms with Gasteiger partial charge in [-0.25, -0.2) is 14.2 Å². The normalized spacial score (nSPS) is 10.7. The minimum absolute atomic E-state index is 0.358. The molecule has 0 aliphatic carbocycles. The van der Waals surface area contributed by atoms with Gasteiger partial charge in [0.05, 0.1) is 25.6 Å². The first-order chi connectivity index (χ1) is 11.7. The first-order valence-electron chi connectivity index (χ1n) is 7.31. The Morgan fingerprint density at radius 1 is 1.04 bits per heavy atom. The standard InChI is InChI=1S/C18H16FN2O3/c1-23-17-6-3-12(10-18(17)24-2)15-7-8-21(20-15)16-5-4-14(19)9-13(16)11-22/h3-10H,11H2,1-2H3. The number of hydrogen-bond acceptors (Lipinski definition) is 3. The van der Waals surface area contributed by atoms with Crippen molar-refractivity contribution in [2.75, 3.05) is 14.2 Å². The molecule has 3 rings (SSSR count). The maximum Gasteiger partial charge on any atom is 0.161 e. The van der Waals surface area contributed by atoms with Gasteiger partial charge in [0.1, 0.15) is 12.4 Å². The maximum atomic E-state index is 13.3. The molecule has 1 radical (unpaired) electrons. The smallest absolute Gasteiger partial charge is 0.161 e. The number of benzene rings is 2. The Morgan fingerprint density at radius 2 is 1.83 bits per heavy atom. The summed E-state index contributed by atoms with van der Waals surface area (Å²) in [5, 5.41) is 15.7. The molecule has 0 aliphatic rings. The predicted molar refractivity (Wildman–Crippen MR) is 86.5 cm³/mol. The van der Waals surface area contributed by atoms with Crippen molar-refractivity contribution in [3.63, 3.8) is 0 Å². The van der Waals surface area contributed by atoms with Crippen LogP contribution >= 0.6 is 0 Å². The number of nitrogens with zero attached hydrogens (tertiary/aromatic N) is 2. The van der Waals surface area contributed by atoms with Gasteiger partial charge in [0.2, 0.25) is 0 Å². The summed E-state index contributed by atoms with van der Waals surface area (Å²) in [5.41, 5.74) is 2.48. The van der Waals surface area contributed by atoms with Gasteiger partial charge < -0.3 is 9.47 Å². The molecule has 0 aliphatic heterocycles. The van der Waals surface area contributed by atoms with E-state index in [1.54, 1.807) is 37.2 Å². The van der Waals surface area contributed by atoms with Gasteiger partial charge in [0, 0.05) is 17.3 Å². The number of rotatable bonds is 5. The summed E-state index contributed by atoms with van der Waals surface area (Å²) in [6.07, 6.45) is 1.73. The van der Waals surface area contributed by atoms with Crippen LogP contribution in [0.5, 0.6) is 11.5 Å². The van der Waals surface area contributed by atoms with E-state index in [2.05, 4.69) is 5.10 Å². The second kappa shape index (κ2) is 6.72. The monoisotopic (exact) mass is 327 g/mol. The first kappa shape index (κ1) is 16.0. The third kappa shape index (κ3) is 2.96. The van der Waals surface area contributed by atoms with E-state index in [4.69, 9.17) is 9.47 Å².